The summed E-state index contributed by atoms with van der Waals surface area (Å²) in [6.45, 7) is 2.16. The van der Waals surface area contributed by atoms with Gasteiger partial charge in [0.05, 0.1) is 17.2 Å². The van der Waals surface area contributed by atoms with Gasteiger partial charge in [-0.2, -0.15) is 5.26 Å². The van der Waals surface area contributed by atoms with Crippen molar-refractivity contribution in [1.29, 1.82) is 5.26 Å². The highest BCUT2D eigenvalue weighted by Crippen LogP contribution is 2.40. The number of fused-ring (bicyclic) bond motifs is 3. The highest BCUT2D eigenvalue weighted by Gasteiger charge is 2.25. The molecule has 0 unspecified atom stereocenters. The van der Waals surface area contributed by atoms with Crippen molar-refractivity contribution in [2.45, 2.75) is 37.3 Å². The predicted octanol–water partition coefficient (Wildman–Crippen LogP) is 2.23. The molecule has 3 rings (SSSR count). The Morgan fingerprint density at radius 2 is 2.45 bits per heavy atom. The fourth-order valence-corrected chi connectivity index (χ4v) is 4.68. The molecule has 0 saturated heterocycles. The Morgan fingerprint density at radius 1 is 1.65 bits per heavy atom. The molecule has 0 fully saturated rings. The number of hydrogen-bond acceptors (Lipinski definition) is 6. The third-order valence-corrected chi connectivity index (χ3v) is 5.62. The van der Waals surface area contributed by atoms with Crippen LogP contribution in [0.2, 0.25) is 0 Å². The van der Waals surface area contributed by atoms with Crippen LogP contribution in [0.1, 0.15) is 36.1 Å². The van der Waals surface area contributed by atoms with Crippen molar-refractivity contribution in [3.63, 3.8) is 0 Å². The van der Waals surface area contributed by atoms with Gasteiger partial charge < -0.3 is 5.84 Å². The van der Waals surface area contributed by atoms with Crippen LogP contribution in [-0.2, 0) is 6.42 Å². The van der Waals surface area contributed by atoms with Crippen LogP contribution in [0.15, 0.2) is 9.95 Å². The summed E-state index contributed by atoms with van der Waals surface area (Å²) in [7, 11) is 0. The van der Waals surface area contributed by atoms with E-state index in [9.17, 15) is 4.79 Å². The second-order valence-corrected chi connectivity index (χ2v) is 6.95. The average molecular weight is 306 g/mol. The third kappa shape index (κ3) is 2.00. The van der Waals surface area contributed by atoms with Crippen molar-refractivity contribution in [3.8, 4) is 6.07 Å². The Hall–Kier alpha value is -1.52. The van der Waals surface area contributed by atoms with Crippen LogP contribution < -0.4 is 11.4 Å². The number of nitrogen functional groups attached to an aromatic ring is 1. The molecule has 0 spiro atoms. The Bertz CT molecular complexity index is 771. The molecule has 0 bridgehead atoms. The van der Waals surface area contributed by atoms with E-state index in [1.165, 1.54) is 16.6 Å². The Morgan fingerprint density at radius 3 is 3.20 bits per heavy atom. The quantitative estimate of drug-likeness (QED) is 0.522. The predicted molar refractivity (Wildman–Crippen MR) is 81.7 cm³/mol. The van der Waals surface area contributed by atoms with Crippen LogP contribution in [0.5, 0.6) is 0 Å². The summed E-state index contributed by atoms with van der Waals surface area (Å²) in [5.41, 5.74) is 0.950. The van der Waals surface area contributed by atoms with Gasteiger partial charge in [-0.25, -0.2) is 9.66 Å². The van der Waals surface area contributed by atoms with E-state index in [2.05, 4.69) is 11.9 Å². The minimum absolute atomic E-state index is 0.193. The lowest BCUT2D eigenvalue weighted by atomic mass is 9.88. The zero-order chi connectivity index (χ0) is 14.3. The summed E-state index contributed by atoms with van der Waals surface area (Å²) < 4.78 is 1.08. The van der Waals surface area contributed by atoms with E-state index < -0.39 is 0 Å². The van der Waals surface area contributed by atoms with E-state index in [1.807, 2.05) is 6.07 Å². The van der Waals surface area contributed by atoms with Crippen molar-refractivity contribution in [2.24, 2.45) is 0 Å². The lowest BCUT2D eigenvalue weighted by molar-refractivity contribution is 0.601. The number of thiophene rings is 1. The number of nitriles is 1. The minimum Gasteiger partial charge on any atom is -0.334 e. The van der Waals surface area contributed by atoms with Crippen molar-refractivity contribution >= 4 is 33.3 Å². The maximum absolute atomic E-state index is 12.5. The van der Waals surface area contributed by atoms with Crippen molar-refractivity contribution in [1.82, 2.24) is 9.66 Å². The molecule has 0 saturated carbocycles. The Labute approximate surface area is 124 Å². The summed E-state index contributed by atoms with van der Waals surface area (Å²) in [6, 6.07) is 2.02. The molecule has 0 amide bonds. The van der Waals surface area contributed by atoms with E-state index in [0.29, 0.717) is 16.5 Å². The van der Waals surface area contributed by atoms with Gasteiger partial charge >= 0.3 is 0 Å². The van der Waals surface area contributed by atoms with Crippen LogP contribution in [0.25, 0.3) is 10.2 Å². The lowest BCUT2D eigenvalue weighted by Crippen LogP contribution is -2.30. The largest absolute Gasteiger partial charge is 0.334 e. The van der Waals surface area contributed by atoms with Crippen LogP contribution in [0, 0.1) is 11.3 Å². The van der Waals surface area contributed by atoms with Gasteiger partial charge in [0, 0.05) is 4.88 Å². The molecule has 7 heteroatoms. The first-order chi connectivity index (χ1) is 9.63. The van der Waals surface area contributed by atoms with Crippen LogP contribution in [-0.4, -0.2) is 15.4 Å². The molecule has 20 heavy (non-hydrogen) atoms. The maximum atomic E-state index is 12.5. The first kappa shape index (κ1) is 13.5. The zero-order valence-corrected chi connectivity index (χ0v) is 12.7. The molecule has 2 heterocycles. The molecule has 5 nitrogen and oxygen atoms in total. The summed E-state index contributed by atoms with van der Waals surface area (Å²) in [5, 5.41) is 9.74. The average Bonchev–Trinajstić information content (AvgIpc) is 2.81. The van der Waals surface area contributed by atoms with Gasteiger partial charge in [-0.3, -0.25) is 4.79 Å². The topological polar surface area (TPSA) is 84.7 Å². The van der Waals surface area contributed by atoms with E-state index >= 15 is 0 Å². The molecule has 2 aromatic rings. The first-order valence-corrected chi connectivity index (χ1v) is 8.26. The molecule has 1 aliphatic carbocycles. The fourth-order valence-electron chi connectivity index (χ4n) is 2.73. The molecular weight excluding hydrogens is 292 g/mol. The minimum atomic E-state index is -0.193. The van der Waals surface area contributed by atoms with Gasteiger partial charge in [0.2, 0.25) is 0 Å². The van der Waals surface area contributed by atoms with E-state index in [1.54, 1.807) is 11.3 Å². The van der Waals surface area contributed by atoms with Gasteiger partial charge in [-0.05, 0) is 30.7 Å². The molecule has 1 atom stereocenters. The van der Waals surface area contributed by atoms with E-state index in [-0.39, 0.29) is 11.3 Å². The number of thioether (sulfide) groups is 1. The summed E-state index contributed by atoms with van der Waals surface area (Å²) >= 11 is 2.79. The molecular formula is C13H14N4OS2. The second-order valence-electron chi connectivity index (χ2n) is 4.93. The van der Waals surface area contributed by atoms with Crippen LogP contribution >= 0.6 is 23.1 Å². The Balaban J connectivity index is 2.25. The van der Waals surface area contributed by atoms with Crippen molar-refractivity contribution in [3.05, 3.63) is 20.8 Å². The smallest absolute Gasteiger partial charge is 0.281 e. The number of nitrogens with zero attached hydrogens (tertiary/aromatic N) is 3. The van der Waals surface area contributed by atoms with Gasteiger partial charge in [-0.1, -0.05) is 18.7 Å². The molecule has 0 aromatic carbocycles. The molecule has 2 aromatic heterocycles. The fraction of sp³-hybridized carbons (Fsp3) is 0.462. The maximum Gasteiger partial charge on any atom is 0.281 e. The molecule has 0 radical (unpaired) electrons. The monoisotopic (exact) mass is 306 g/mol. The number of nitrogens with two attached hydrogens (primary N) is 1. The Kier molecular flexibility index (Phi) is 3.44. The lowest BCUT2D eigenvalue weighted by Gasteiger charge is -2.18. The molecule has 1 aliphatic rings. The zero-order valence-electron chi connectivity index (χ0n) is 11.0. The van der Waals surface area contributed by atoms with E-state index in [0.717, 1.165) is 34.3 Å². The molecule has 104 valence electrons. The molecule has 2 N–H and O–H groups in total. The van der Waals surface area contributed by atoms with Crippen LogP contribution in [0.4, 0.5) is 0 Å². The van der Waals surface area contributed by atoms with Gasteiger partial charge in [-0.15, -0.1) is 11.3 Å². The molecule has 0 aliphatic heterocycles. The van der Waals surface area contributed by atoms with Gasteiger partial charge in [0.15, 0.2) is 5.16 Å². The standard InChI is InChI=1S/C13H14N4OS2/c1-7-3-2-4-8-9(7)10-11(20-8)16-13(19-6-5-14)17(15)12(10)18/h7H,2-4,6,15H2,1H3/t7-/m1/s1. The third-order valence-electron chi connectivity index (χ3n) is 3.64. The second kappa shape index (κ2) is 5.11. The summed E-state index contributed by atoms with van der Waals surface area (Å²) in [6.07, 6.45) is 3.28. The van der Waals surface area contributed by atoms with Crippen molar-refractivity contribution < 1.29 is 0 Å². The SMILES string of the molecule is C[C@@H]1CCCc2sc3nc(SCC#N)n(N)c(=O)c3c21. The van der Waals surface area contributed by atoms with Gasteiger partial charge in [0.25, 0.3) is 5.56 Å². The van der Waals surface area contributed by atoms with Gasteiger partial charge in [0.1, 0.15) is 4.83 Å². The summed E-state index contributed by atoms with van der Waals surface area (Å²) in [5.74, 6) is 6.46. The number of aromatic nitrogens is 2. The number of rotatable bonds is 2. The summed E-state index contributed by atoms with van der Waals surface area (Å²) in [4.78, 5) is 19.0. The first-order valence-electron chi connectivity index (χ1n) is 6.46. The number of aryl methyl sites for hydroxylation is 1. The van der Waals surface area contributed by atoms with Crippen LogP contribution in [0.3, 0.4) is 0 Å². The number of hydrogen-bond donors (Lipinski definition) is 1. The highest BCUT2D eigenvalue weighted by molar-refractivity contribution is 7.99. The van der Waals surface area contributed by atoms with Crippen molar-refractivity contribution in [2.75, 3.05) is 11.6 Å². The normalized spacial score (nSPS) is 17.9. The van der Waals surface area contributed by atoms with E-state index in [4.69, 9.17) is 11.1 Å². The highest BCUT2D eigenvalue weighted by atomic mass is 32.2.